The van der Waals surface area contributed by atoms with Gasteiger partial charge in [-0.2, -0.15) is 0 Å². The fourth-order valence-electron chi connectivity index (χ4n) is 1.60. The van der Waals surface area contributed by atoms with Gasteiger partial charge in [-0.3, -0.25) is 4.79 Å². The molecule has 0 saturated heterocycles. The van der Waals surface area contributed by atoms with Gasteiger partial charge >= 0.3 is 5.97 Å². The third kappa shape index (κ3) is 4.29. The molecule has 1 heterocycles. The van der Waals surface area contributed by atoms with Crippen molar-refractivity contribution in [3.05, 3.63) is 35.4 Å². The zero-order valence-electron chi connectivity index (χ0n) is 12.1. The molecule has 0 radical (unpaired) electrons. The number of nitrogens with one attached hydrogen (secondary N) is 1. The lowest BCUT2D eigenvalue weighted by atomic mass is 10.1. The number of thioether (sulfide) groups is 1. The van der Waals surface area contributed by atoms with Gasteiger partial charge in [0, 0.05) is 13.6 Å². The zero-order valence-corrected chi connectivity index (χ0v) is 13.0. The highest BCUT2D eigenvalue weighted by molar-refractivity contribution is 7.99. The summed E-state index contributed by atoms with van der Waals surface area (Å²) in [5.41, 5.74) is 1.37. The zero-order chi connectivity index (χ0) is 15.9. The highest BCUT2D eigenvalue weighted by Crippen LogP contribution is 2.11. The van der Waals surface area contributed by atoms with E-state index in [1.165, 1.54) is 23.6 Å². The van der Waals surface area contributed by atoms with E-state index in [0.29, 0.717) is 17.3 Å². The van der Waals surface area contributed by atoms with Crippen molar-refractivity contribution < 1.29 is 14.3 Å². The van der Waals surface area contributed by atoms with Crippen molar-refractivity contribution in [2.45, 2.75) is 11.7 Å². The lowest BCUT2D eigenvalue weighted by Gasteiger charge is -2.05. The Labute approximate surface area is 131 Å². The number of carbonyl (C=O) groups excluding carboxylic acids is 2. The van der Waals surface area contributed by atoms with E-state index in [1.807, 2.05) is 0 Å². The SMILES string of the molecule is COC(=O)c1ccc(CNC(=O)CSc2nnnn2C)cc1. The number of nitrogens with zero attached hydrogens (tertiary/aromatic N) is 4. The van der Waals surface area contributed by atoms with Crippen LogP contribution in [0.4, 0.5) is 0 Å². The maximum absolute atomic E-state index is 11.8. The molecule has 0 bridgehead atoms. The van der Waals surface area contributed by atoms with E-state index in [4.69, 9.17) is 0 Å². The number of ether oxygens (including phenoxy) is 1. The second-order valence-corrected chi connectivity index (χ2v) is 5.28. The van der Waals surface area contributed by atoms with E-state index < -0.39 is 0 Å². The number of aromatic nitrogens is 4. The predicted molar refractivity (Wildman–Crippen MR) is 79.2 cm³/mol. The van der Waals surface area contributed by atoms with Crippen LogP contribution in [0.1, 0.15) is 15.9 Å². The normalized spacial score (nSPS) is 10.3. The van der Waals surface area contributed by atoms with Gasteiger partial charge in [0.2, 0.25) is 11.1 Å². The second-order valence-electron chi connectivity index (χ2n) is 4.34. The number of aryl methyl sites for hydroxylation is 1. The third-order valence-corrected chi connectivity index (χ3v) is 3.79. The van der Waals surface area contributed by atoms with Gasteiger partial charge in [-0.1, -0.05) is 23.9 Å². The van der Waals surface area contributed by atoms with Crippen LogP contribution < -0.4 is 5.32 Å². The average molecular weight is 321 g/mol. The lowest BCUT2D eigenvalue weighted by Crippen LogP contribution is -2.24. The molecule has 116 valence electrons. The van der Waals surface area contributed by atoms with Gasteiger partial charge in [0.25, 0.3) is 0 Å². The first-order valence-corrected chi connectivity index (χ1v) is 7.38. The molecular weight excluding hydrogens is 306 g/mol. The summed E-state index contributed by atoms with van der Waals surface area (Å²) in [5, 5.41) is 14.3. The van der Waals surface area contributed by atoms with Gasteiger partial charge in [-0.15, -0.1) is 5.10 Å². The summed E-state index contributed by atoms with van der Waals surface area (Å²) < 4.78 is 6.13. The highest BCUT2D eigenvalue weighted by Gasteiger charge is 2.08. The summed E-state index contributed by atoms with van der Waals surface area (Å²) in [6.07, 6.45) is 0. The number of methoxy groups -OCH3 is 1. The van der Waals surface area contributed by atoms with Crippen LogP contribution in [-0.4, -0.2) is 44.9 Å². The van der Waals surface area contributed by atoms with Crippen LogP contribution in [0.25, 0.3) is 0 Å². The summed E-state index contributed by atoms with van der Waals surface area (Å²) in [6, 6.07) is 6.86. The van der Waals surface area contributed by atoms with Gasteiger partial charge in [0.05, 0.1) is 18.4 Å². The minimum absolute atomic E-state index is 0.120. The van der Waals surface area contributed by atoms with Crippen molar-refractivity contribution in [3.63, 3.8) is 0 Å². The Balaban J connectivity index is 1.78. The molecule has 8 nitrogen and oxygen atoms in total. The topological polar surface area (TPSA) is 99.0 Å². The molecule has 0 spiro atoms. The molecule has 0 aliphatic carbocycles. The number of rotatable bonds is 6. The Morgan fingerprint density at radius 2 is 2.05 bits per heavy atom. The van der Waals surface area contributed by atoms with Crippen molar-refractivity contribution in [2.24, 2.45) is 7.05 Å². The molecule has 1 aromatic heterocycles. The average Bonchev–Trinajstić information content (AvgIpc) is 2.95. The Kier molecular flexibility index (Phi) is 5.48. The van der Waals surface area contributed by atoms with Gasteiger partial charge in [0.1, 0.15) is 0 Å². The molecule has 0 saturated carbocycles. The van der Waals surface area contributed by atoms with Crippen LogP contribution in [-0.2, 0) is 23.1 Å². The van der Waals surface area contributed by atoms with Crippen molar-refractivity contribution in [2.75, 3.05) is 12.9 Å². The van der Waals surface area contributed by atoms with Crippen LogP contribution in [0.2, 0.25) is 0 Å². The molecule has 1 aromatic carbocycles. The standard InChI is InChI=1S/C13H15N5O3S/c1-18-13(15-16-17-18)22-8-11(19)14-7-9-3-5-10(6-4-9)12(20)21-2/h3-6H,7-8H2,1-2H3,(H,14,19). The predicted octanol–water partition coefficient (Wildman–Crippen LogP) is 0.405. The Morgan fingerprint density at radius 3 is 2.64 bits per heavy atom. The van der Waals surface area contributed by atoms with Crippen LogP contribution in [0.5, 0.6) is 0 Å². The molecule has 2 rings (SSSR count). The summed E-state index contributed by atoms with van der Waals surface area (Å²) in [5.74, 6) is -0.275. The smallest absolute Gasteiger partial charge is 0.337 e. The van der Waals surface area contributed by atoms with Gasteiger partial charge < -0.3 is 10.1 Å². The quantitative estimate of drug-likeness (QED) is 0.607. The molecule has 2 aromatic rings. The van der Waals surface area contributed by atoms with Gasteiger partial charge in [0.15, 0.2) is 0 Å². The number of hydrogen-bond acceptors (Lipinski definition) is 7. The van der Waals surface area contributed by atoms with E-state index in [1.54, 1.807) is 31.3 Å². The number of esters is 1. The summed E-state index contributed by atoms with van der Waals surface area (Å²) in [7, 11) is 3.05. The first-order valence-electron chi connectivity index (χ1n) is 6.39. The minimum atomic E-state index is -0.385. The minimum Gasteiger partial charge on any atom is -0.465 e. The Morgan fingerprint density at radius 1 is 1.32 bits per heavy atom. The van der Waals surface area contributed by atoms with Crippen LogP contribution in [0.3, 0.4) is 0 Å². The van der Waals surface area contributed by atoms with Crippen LogP contribution in [0.15, 0.2) is 29.4 Å². The van der Waals surface area contributed by atoms with E-state index >= 15 is 0 Å². The largest absolute Gasteiger partial charge is 0.465 e. The van der Waals surface area contributed by atoms with Gasteiger partial charge in [-0.05, 0) is 28.1 Å². The molecule has 0 aliphatic rings. The van der Waals surface area contributed by atoms with Crippen molar-refractivity contribution in [3.8, 4) is 0 Å². The summed E-state index contributed by atoms with van der Waals surface area (Å²) in [6.45, 7) is 0.387. The molecule has 1 N–H and O–H groups in total. The fraction of sp³-hybridized carbons (Fsp3) is 0.308. The highest BCUT2D eigenvalue weighted by atomic mass is 32.2. The molecular formula is C13H15N5O3S. The lowest BCUT2D eigenvalue weighted by molar-refractivity contribution is -0.118. The monoisotopic (exact) mass is 321 g/mol. The molecule has 1 amide bonds. The van der Waals surface area contributed by atoms with E-state index in [0.717, 1.165) is 5.56 Å². The first kappa shape index (κ1) is 16.0. The van der Waals surface area contributed by atoms with Crippen molar-refractivity contribution >= 4 is 23.6 Å². The third-order valence-electron chi connectivity index (χ3n) is 2.78. The summed E-state index contributed by atoms with van der Waals surface area (Å²) >= 11 is 1.26. The molecule has 0 aliphatic heterocycles. The molecule has 0 fully saturated rings. The number of benzene rings is 1. The Bertz CT molecular complexity index is 656. The van der Waals surface area contributed by atoms with Crippen LogP contribution >= 0.6 is 11.8 Å². The van der Waals surface area contributed by atoms with E-state index in [-0.39, 0.29) is 17.6 Å². The molecule has 0 unspecified atom stereocenters. The van der Waals surface area contributed by atoms with E-state index in [9.17, 15) is 9.59 Å². The summed E-state index contributed by atoms with van der Waals surface area (Å²) in [4.78, 5) is 23.1. The van der Waals surface area contributed by atoms with E-state index in [2.05, 4.69) is 25.6 Å². The van der Waals surface area contributed by atoms with Crippen LogP contribution in [0, 0.1) is 0 Å². The number of tetrazole rings is 1. The first-order chi connectivity index (χ1) is 10.6. The number of carbonyl (C=O) groups is 2. The Hall–Kier alpha value is -2.42. The molecule has 9 heteroatoms. The van der Waals surface area contributed by atoms with Gasteiger partial charge in [-0.25, -0.2) is 9.48 Å². The maximum atomic E-state index is 11.8. The molecule has 22 heavy (non-hydrogen) atoms. The van der Waals surface area contributed by atoms with Crippen molar-refractivity contribution in [1.29, 1.82) is 0 Å². The van der Waals surface area contributed by atoms with Crippen molar-refractivity contribution in [1.82, 2.24) is 25.5 Å². The maximum Gasteiger partial charge on any atom is 0.337 e. The molecule has 0 atom stereocenters. The number of hydrogen-bond donors (Lipinski definition) is 1. The number of amides is 1. The fourth-order valence-corrected chi connectivity index (χ4v) is 2.28. The second kappa shape index (κ2) is 7.55.